The van der Waals surface area contributed by atoms with E-state index in [1.54, 1.807) is 18.2 Å². The van der Waals surface area contributed by atoms with Crippen LogP contribution in [0.2, 0.25) is 5.02 Å². The normalized spacial score (nSPS) is 12.3. The Balaban J connectivity index is 2.08. The number of nitrogens with one attached hydrogen (secondary N) is 1. The lowest BCUT2D eigenvalue weighted by Crippen LogP contribution is -2.33. The molecule has 2 rings (SSSR count). The van der Waals surface area contributed by atoms with Crippen LogP contribution in [0.15, 0.2) is 23.0 Å². The van der Waals surface area contributed by atoms with Crippen molar-refractivity contribution < 1.29 is 9.53 Å². The van der Waals surface area contributed by atoms with Crippen LogP contribution in [-0.2, 0) is 15.3 Å². The van der Waals surface area contributed by atoms with Crippen LogP contribution in [0, 0.1) is 0 Å². The number of carbonyl (C=O) groups excluding carboxylic acids is 1. The summed E-state index contributed by atoms with van der Waals surface area (Å²) in [7, 11) is 1.29. The number of ether oxygens (including phenoxy) is 1. The summed E-state index contributed by atoms with van der Waals surface area (Å²) in [6.45, 7) is 0. The zero-order valence-electron chi connectivity index (χ0n) is 11.3. The molecule has 1 unspecified atom stereocenters. The molecule has 0 aliphatic carbocycles. The number of esters is 1. The van der Waals surface area contributed by atoms with Crippen LogP contribution in [0.25, 0.3) is 10.9 Å². The predicted octanol–water partition coefficient (Wildman–Crippen LogP) is 1.31. The molecule has 1 aromatic heterocycles. The molecule has 3 N–H and O–H groups in total. The van der Waals surface area contributed by atoms with Gasteiger partial charge in [-0.3, -0.25) is 9.59 Å². The van der Waals surface area contributed by atoms with Crippen LogP contribution < -0.4 is 11.3 Å². The lowest BCUT2D eigenvalue weighted by molar-refractivity contribution is -0.141. The van der Waals surface area contributed by atoms with Crippen molar-refractivity contribution in [1.29, 1.82) is 0 Å². The molecular formula is C13H14ClN3O3S. The molecule has 1 heterocycles. The number of methoxy groups -OCH3 is 1. The Morgan fingerprint density at radius 2 is 2.33 bits per heavy atom. The Labute approximate surface area is 130 Å². The molecule has 8 heteroatoms. The van der Waals surface area contributed by atoms with E-state index in [4.69, 9.17) is 17.3 Å². The fraction of sp³-hybridized carbons (Fsp3) is 0.308. The molecule has 0 bridgehead atoms. The number of nitrogens with zero attached hydrogens (tertiary/aromatic N) is 1. The fourth-order valence-electron chi connectivity index (χ4n) is 1.73. The van der Waals surface area contributed by atoms with Crippen molar-refractivity contribution in [3.05, 3.63) is 39.4 Å². The summed E-state index contributed by atoms with van der Waals surface area (Å²) in [4.78, 5) is 30.1. The van der Waals surface area contributed by atoms with Gasteiger partial charge in [0, 0.05) is 10.8 Å². The molecular weight excluding hydrogens is 314 g/mol. The molecule has 112 valence electrons. The Bertz CT molecular complexity index is 719. The largest absolute Gasteiger partial charge is 0.468 e. The van der Waals surface area contributed by atoms with E-state index in [-0.39, 0.29) is 5.56 Å². The molecule has 6 nitrogen and oxygen atoms in total. The van der Waals surface area contributed by atoms with Gasteiger partial charge in [0.1, 0.15) is 11.9 Å². The third kappa shape index (κ3) is 3.96. The third-order valence-corrected chi connectivity index (χ3v) is 4.06. The number of H-pyrrole nitrogens is 1. The first-order chi connectivity index (χ1) is 10.0. The molecule has 1 aromatic carbocycles. The average Bonchev–Trinajstić information content (AvgIpc) is 2.47. The molecule has 2 aromatic rings. The minimum absolute atomic E-state index is 0.240. The topological polar surface area (TPSA) is 98.1 Å². The average molecular weight is 328 g/mol. The number of benzene rings is 1. The standard InChI is InChI=1S/C13H14ClN3O3S/c1-20-13(19)9(15)5-21-6-11-16-10-3-2-7(14)4-8(10)12(18)17-11/h2-4,9H,5-6,15H2,1H3,(H,16,17,18). The highest BCUT2D eigenvalue weighted by atomic mass is 35.5. The van der Waals surface area contributed by atoms with Crippen LogP contribution in [0.4, 0.5) is 0 Å². The molecule has 0 fully saturated rings. The third-order valence-electron chi connectivity index (χ3n) is 2.76. The van der Waals surface area contributed by atoms with E-state index in [0.717, 1.165) is 0 Å². The van der Waals surface area contributed by atoms with Crippen LogP contribution in [0.1, 0.15) is 5.82 Å². The molecule has 0 aliphatic heterocycles. The minimum atomic E-state index is -0.689. The van der Waals surface area contributed by atoms with Gasteiger partial charge in [-0.1, -0.05) is 11.6 Å². The Morgan fingerprint density at radius 3 is 3.05 bits per heavy atom. The van der Waals surface area contributed by atoms with E-state index in [9.17, 15) is 9.59 Å². The summed E-state index contributed by atoms with van der Waals surface area (Å²) >= 11 is 7.24. The highest BCUT2D eigenvalue weighted by molar-refractivity contribution is 7.98. The van der Waals surface area contributed by atoms with Crippen molar-refractivity contribution in [2.45, 2.75) is 11.8 Å². The fourth-order valence-corrected chi connectivity index (χ4v) is 2.74. The van der Waals surface area contributed by atoms with Gasteiger partial charge in [-0.2, -0.15) is 11.8 Å². The van der Waals surface area contributed by atoms with Crippen molar-refractivity contribution in [2.75, 3.05) is 12.9 Å². The smallest absolute Gasteiger partial charge is 0.323 e. The summed E-state index contributed by atoms with van der Waals surface area (Å²) in [5, 5.41) is 0.934. The summed E-state index contributed by atoms with van der Waals surface area (Å²) < 4.78 is 4.54. The van der Waals surface area contributed by atoms with E-state index in [1.807, 2.05) is 0 Å². The van der Waals surface area contributed by atoms with Crippen molar-refractivity contribution >= 4 is 40.2 Å². The predicted molar refractivity (Wildman–Crippen MR) is 83.5 cm³/mol. The second kappa shape index (κ2) is 6.93. The zero-order valence-corrected chi connectivity index (χ0v) is 12.8. The van der Waals surface area contributed by atoms with Gasteiger partial charge in [-0.05, 0) is 18.2 Å². The Hall–Kier alpha value is -1.57. The summed E-state index contributed by atoms with van der Waals surface area (Å²) in [6, 6.07) is 4.26. The van der Waals surface area contributed by atoms with Gasteiger partial charge in [0.25, 0.3) is 5.56 Å². The quantitative estimate of drug-likeness (QED) is 0.803. The van der Waals surface area contributed by atoms with E-state index in [0.29, 0.717) is 33.3 Å². The van der Waals surface area contributed by atoms with E-state index in [1.165, 1.54) is 18.9 Å². The number of halogens is 1. The molecule has 1 atom stereocenters. The molecule has 0 spiro atoms. The van der Waals surface area contributed by atoms with E-state index >= 15 is 0 Å². The zero-order chi connectivity index (χ0) is 15.4. The molecule has 0 saturated heterocycles. The Kier molecular flexibility index (Phi) is 5.22. The number of hydrogen-bond acceptors (Lipinski definition) is 6. The van der Waals surface area contributed by atoms with Gasteiger partial charge in [-0.15, -0.1) is 0 Å². The van der Waals surface area contributed by atoms with Crippen LogP contribution in [0.5, 0.6) is 0 Å². The number of rotatable bonds is 5. The summed E-state index contributed by atoms with van der Waals surface area (Å²) in [5.74, 6) is 0.891. The van der Waals surface area contributed by atoms with E-state index < -0.39 is 12.0 Å². The Morgan fingerprint density at radius 1 is 1.57 bits per heavy atom. The first kappa shape index (κ1) is 15.8. The van der Waals surface area contributed by atoms with Crippen molar-refractivity contribution in [1.82, 2.24) is 9.97 Å². The molecule has 21 heavy (non-hydrogen) atoms. The van der Waals surface area contributed by atoms with Crippen LogP contribution in [-0.4, -0.2) is 34.8 Å². The second-order valence-corrected chi connectivity index (χ2v) is 5.79. The lowest BCUT2D eigenvalue weighted by Gasteiger charge is -2.08. The lowest BCUT2D eigenvalue weighted by atomic mass is 10.2. The number of aromatic nitrogens is 2. The van der Waals surface area contributed by atoms with Gasteiger partial charge in [-0.25, -0.2) is 4.98 Å². The maximum absolute atomic E-state index is 11.9. The summed E-state index contributed by atoms with van der Waals surface area (Å²) in [6.07, 6.45) is 0. The van der Waals surface area contributed by atoms with Gasteiger partial charge < -0.3 is 15.5 Å². The molecule has 0 aliphatic rings. The monoisotopic (exact) mass is 327 g/mol. The molecule has 0 radical (unpaired) electrons. The van der Waals surface area contributed by atoms with Gasteiger partial charge in [0.05, 0.1) is 23.8 Å². The SMILES string of the molecule is COC(=O)C(N)CSCc1nc2ccc(Cl)cc2c(=O)[nH]1. The minimum Gasteiger partial charge on any atom is -0.468 e. The number of nitrogens with two attached hydrogens (primary N) is 1. The van der Waals surface area contributed by atoms with Gasteiger partial charge >= 0.3 is 5.97 Å². The first-order valence-electron chi connectivity index (χ1n) is 6.11. The number of fused-ring (bicyclic) bond motifs is 1. The number of hydrogen-bond donors (Lipinski definition) is 2. The van der Waals surface area contributed by atoms with Crippen LogP contribution >= 0.6 is 23.4 Å². The van der Waals surface area contributed by atoms with Crippen molar-refractivity contribution in [2.24, 2.45) is 5.73 Å². The van der Waals surface area contributed by atoms with Gasteiger partial charge in [0.15, 0.2) is 0 Å². The first-order valence-corrected chi connectivity index (χ1v) is 7.64. The molecule has 0 amide bonds. The second-order valence-electron chi connectivity index (χ2n) is 4.32. The maximum atomic E-state index is 11.9. The van der Waals surface area contributed by atoms with Crippen molar-refractivity contribution in [3.8, 4) is 0 Å². The number of carbonyl (C=O) groups is 1. The maximum Gasteiger partial charge on any atom is 0.323 e. The van der Waals surface area contributed by atoms with E-state index in [2.05, 4.69) is 14.7 Å². The number of aromatic amines is 1. The highest BCUT2D eigenvalue weighted by Crippen LogP contribution is 2.16. The van der Waals surface area contributed by atoms with Gasteiger partial charge in [0.2, 0.25) is 0 Å². The highest BCUT2D eigenvalue weighted by Gasteiger charge is 2.13. The van der Waals surface area contributed by atoms with Crippen molar-refractivity contribution in [3.63, 3.8) is 0 Å². The summed E-state index contributed by atoms with van der Waals surface area (Å²) in [5.41, 5.74) is 5.97. The van der Waals surface area contributed by atoms with Crippen LogP contribution in [0.3, 0.4) is 0 Å². The molecule has 0 saturated carbocycles. The number of thioether (sulfide) groups is 1.